The summed E-state index contributed by atoms with van der Waals surface area (Å²) in [5, 5.41) is 9.05. The van der Waals surface area contributed by atoms with E-state index in [2.05, 4.69) is 54.3 Å². The van der Waals surface area contributed by atoms with Gasteiger partial charge in [0.05, 0.1) is 0 Å². The largest absolute Gasteiger partial charge is 0.396 e. The van der Waals surface area contributed by atoms with Crippen LogP contribution in [0.1, 0.15) is 23.1 Å². The first-order valence-corrected chi connectivity index (χ1v) is 7.35. The van der Waals surface area contributed by atoms with Gasteiger partial charge >= 0.3 is 0 Å². The van der Waals surface area contributed by atoms with Crippen LogP contribution in [0, 0.1) is 6.92 Å². The van der Waals surface area contributed by atoms with E-state index in [1.54, 1.807) is 0 Å². The zero-order valence-electron chi connectivity index (χ0n) is 12.0. The first-order chi connectivity index (χ1) is 9.79. The molecule has 0 atom stereocenters. The van der Waals surface area contributed by atoms with Gasteiger partial charge in [0.15, 0.2) is 0 Å². The highest BCUT2D eigenvalue weighted by molar-refractivity contribution is 5.70. The van der Waals surface area contributed by atoms with Crippen molar-refractivity contribution in [2.24, 2.45) is 0 Å². The molecule has 0 spiro atoms. The van der Waals surface area contributed by atoms with E-state index in [9.17, 15) is 0 Å². The number of hydrogen-bond acceptors (Lipinski definition) is 2. The average molecular weight is 267 g/mol. The molecule has 0 saturated heterocycles. The minimum absolute atomic E-state index is 0.214. The first-order valence-electron chi connectivity index (χ1n) is 7.35. The van der Waals surface area contributed by atoms with Crippen LogP contribution >= 0.6 is 0 Å². The fraction of sp³-hybridized carbons (Fsp3) is 0.333. The van der Waals surface area contributed by atoms with E-state index < -0.39 is 0 Å². The van der Waals surface area contributed by atoms with Crippen LogP contribution < -0.4 is 4.90 Å². The number of aryl methyl sites for hydroxylation is 2. The highest BCUT2D eigenvalue weighted by Gasteiger charge is 2.18. The van der Waals surface area contributed by atoms with E-state index in [1.807, 2.05) is 0 Å². The van der Waals surface area contributed by atoms with Crippen molar-refractivity contribution < 1.29 is 5.11 Å². The molecule has 0 bridgehead atoms. The molecule has 104 valence electrons. The number of rotatable bonds is 3. The van der Waals surface area contributed by atoms with Gasteiger partial charge in [-0.15, -0.1) is 0 Å². The van der Waals surface area contributed by atoms with Crippen LogP contribution in [-0.2, 0) is 12.8 Å². The molecule has 3 rings (SSSR count). The van der Waals surface area contributed by atoms with Crippen LogP contribution in [-0.4, -0.2) is 18.3 Å². The zero-order valence-corrected chi connectivity index (χ0v) is 12.0. The monoisotopic (exact) mass is 267 g/mol. The molecular weight excluding hydrogens is 246 g/mol. The zero-order chi connectivity index (χ0) is 13.9. The predicted octanol–water partition coefficient (Wildman–Crippen LogP) is 3.61. The highest BCUT2D eigenvalue weighted by Crippen LogP contribution is 2.35. The van der Waals surface area contributed by atoms with Crippen molar-refractivity contribution in [3.05, 3.63) is 59.2 Å². The Hall–Kier alpha value is -1.80. The maximum Gasteiger partial charge on any atom is 0.0471 e. The summed E-state index contributed by atoms with van der Waals surface area (Å²) < 4.78 is 0. The number of aliphatic hydroxyl groups excluding tert-OH is 1. The fourth-order valence-electron chi connectivity index (χ4n) is 3.09. The van der Waals surface area contributed by atoms with Crippen molar-refractivity contribution in [2.75, 3.05) is 18.1 Å². The van der Waals surface area contributed by atoms with Crippen molar-refractivity contribution in [2.45, 2.75) is 26.2 Å². The van der Waals surface area contributed by atoms with Gasteiger partial charge in [-0.2, -0.15) is 0 Å². The lowest BCUT2D eigenvalue weighted by Crippen LogP contribution is -2.25. The number of fused-ring (bicyclic) bond motifs is 1. The third kappa shape index (κ3) is 2.44. The second kappa shape index (κ2) is 5.68. The Balaban J connectivity index is 1.98. The molecule has 0 aromatic heterocycles. The van der Waals surface area contributed by atoms with Crippen LogP contribution in [0.3, 0.4) is 0 Å². The molecule has 1 heterocycles. The van der Waals surface area contributed by atoms with Crippen molar-refractivity contribution >= 4 is 11.4 Å². The molecule has 2 aromatic rings. The summed E-state index contributed by atoms with van der Waals surface area (Å²) in [4.78, 5) is 2.43. The second-order valence-corrected chi connectivity index (χ2v) is 5.48. The lowest BCUT2D eigenvalue weighted by Gasteiger charge is -2.32. The molecule has 1 aliphatic heterocycles. The van der Waals surface area contributed by atoms with Gasteiger partial charge in [-0.05, 0) is 55.0 Å². The summed E-state index contributed by atoms with van der Waals surface area (Å²) in [7, 11) is 0. The lowest BCUT2D eigenvalue weighted by atomic mass is 9.99. The highest BCUT2D eigenvalue weighted by atomic mass is 16.2. The van der Waals surface area contributed by atoms with Crippen molar-refractivity contribution in [1.29, 1.82) is 0 Å². The Labute approximate surface area is 120 Å². The van der Waals surface area contributed by atoms with E-state index in [0.29, 0.717) is 0 Å². The number of nitrogens with zero attached hydrogens (tertiary/aromatic N) is 1. The van der Waals surface area contributed by atoms with Gasteiger partial charge in [-0.1, -0.05) is 30.3 Å². The van der Waals surface area contributed by atoms with Crippen LogP contribution in [0.5, 0.6) is 0 Å². The van der Waals surface area contributed by atoms with Gasteiger partial charge in [0, 0.05) is 24.5 Å². The van der Waals surface area contributed by atoms with E-state index in [1.165, 1.54) is 40.9 Å². The number of benzene rings is 2. The standard InChI is InChI=1S/C18H21NO/c1-14-13-15(10-12-20)8-9-17(14)19-11-4-6-16-5-2-3-7-18(16)19/h2-3,5,7-9,13,20H,4,6,10-12H2,1H3. The van der Waals surface area contributed by atoms with E-state index in [4.69, 9.17) is 5.11 Å². The summed E-state index contributed by atoms with van der Waals surface area (Å²) in [5.41, 5.74) is 6.57. The SMILES string of the molecule is Cc1cc(CCO)ccc1N1CCCc2ccccc21. The molecule has 20 heavy (non-hydrogen) atoms. The normalized spacial score (nSPS) is 14.2. The van der Waals surface area contributed by atoms with Crippen LogP contribution in [0.15, 0.2) is 42.5 Å². The van der Waals surface area contributed by atoms with Gasteiger partial charge in [0.2, 0.25) is 0 Å². The number of anilines is 2. The first kappa shape index (κ1) is 13.2. The molecule has 0 radical (unpaired) electrons. The molecular formula is C18H21NO. The molecule has 2 aromatic carbocycles. The quantitative estimate of drug-likeness (QED) is 0.918. The molecule has 1 N–H and O–H groups in total. The average Bonchev–Trinajstić information content (AvgIpc) is 2.47. The smallest absolute Gasteiger partial charge is 0.0471 e. The summed E-state index contributed by atoms with van der Waals surface area (Å²) >= 11 is 0. The molecule has 1 aliphatic rings. The van der Waals surface area contributed by atoms with Crippen LogP contribution in [0.4, 0.5) is 11.4 Å². The third-order valence-corrected chi connectivity index (χ3v) is 4.06. The Morgan fingerprint density at radius 3 is 2.75 bits per heavy atom. The van der Waals surface area contributed by atoms with E-state index >= 15 is 0 Å². The van der Waals surface area contributed by atoms with Gasteiger partial charge in [0.1, 0.15) is 0 Å². The molecule has 0 aliphatic carbocycles. The van der Waals surface area contributed by atoms with Crippen molar-refractivity contribution in [3.63, 3.8) is 0 Å². The summed E-state index contributed by atoms with van der Waals surface area (Å²) in [5.74, 6) is 0. The summed E-state index contributed by atoms with van der Waals surface area (Å²) in [6.07, 6.45) is 3.11. The van der Waals surface area contributed by atoms with Crippen LogP contribution in [0.25, 0.3) is 0 Å². The topological polar surface area (TPSA) is 23.5 Å². The van der Waals surface area contributed by atoms with E-state index in [-0.39, 0.29) is 6.61 Å². The minimum Gasteiger partial charge on any atom is -0.396 e. The second-order valence-electron chi connectivity index (χ2n) is 5.48. The fourth-order valence-corrected chi connectivity index (χ4v) is 3.09. The van der Waals surface area contributed by atoms with Gasteiger partial charge in [-0.25, -0.2) is 0 Å². The predicted molar refractivity (Wildman–Crippen MR) is 83.7 cm³/mol. The van der Waals surface area contributed by atoms with Gasteiger partial charge < -0.3 is 10.0 Å². The number of aliphatic hydroxyl groups is 1. The Morgan fingerprint density at radius 1 is 1.10 bits per heavy atom. The van der Waals surface area contributed by atoms with Crippen molar-refractivity contribution in [1.82, 2.24) is 0 Å². The molecule has 2 heteroatoms. The van der Waals surface area contributed by atoms with Gasteiger partial charge in [0.25, 0.3) is 0 Å². The maximum absolute atomic E-state index is 9.05. The third-order valence-electron chi connectivity index (χ3n) is 4.06. The Bertz CT molecular complexity index is 606. The molecule has 0 unspecified atom stereocenters. The lowest BCUT2D eigenvalue weighted by molar-refractivity contribution is 0.299. The Morgan fingerprint density at radius 2 is 1.95 bits per heavy atom. The molecule has 2 nitrogen and oxygen atoms in total. The molecule has 0 amide bonds. The Kier molecular flexibility index (Phi) is 3.75. The van der Waals surface area contributed by atoms with E-state index in [0.717, 1.165) is 13.0 Å². The molecule has 0 saturated carbocycles. The maximum atomic E-state index is 9.05. The molecule has 0 fully saturated rings. The number of para-hydroxylation sites is 1. The van der Waals surface area contributed by atoms with Crippen LogP contribution in [0.2, 0.25) is 0 Å². The summed E-state index contributed by atoms with van der Waals surface area (Å²) in [6.45, 7) is 3.45. The van der Waals surface area contributed by atoms with Gasteiger partial charge in [-0.3, -0.25) is 0 Å². The summed E-state index contributed by atoms with van der Waals surface area (Å²) in [6, 6.07) is 15.2. The van der Waals surface area contributed by atoms with Crippen molar-refractivity contribution in [3.8, 4) is 0 Å². The number of hydrogen-bond donors (Lipinski definition) is 1. The minimum atomic E-state index is 0.214.